The number of hydrogen-bond donors (Lipinski definition) is 1. The molecule has 1 atom stereocenters. The third-order valence-electron chi connectivity index (χ3n) is 4.20. The predicted octanol–water partition coefficient (Wildman–Crippen LogP) is 2.75. The Labute approximate surface area is 159 Å². The number of benzene rings is 1. The zero-order valence-corrected chi connectivity index (χ0v) is 16.5. The molecule has 0 fully saturated rings. The first-order valence-corrected chi connectivity index (χ1v) is 9.77. The third kappa shape index (κ3) is 5.68. The van der Waals surface area contributed by atoms with Gasteiger partial charge in [-0.05, 0) is 37.9 Å². The maximum atomic E-state index is 12.5. The van der Waals surface area contributed by atoms with Gasteiger partial charge in [-0.15, -0.1) is 11.3 Å². The van der Waals surface area contributed by atoms with Crippen LogP contribution in [0.5, 0.6) is 0 Å². The molecule has 0 bridgehead atoms. The van der Waals surface area contributed by atoms with Crippen molar-refractivity contribution in [1.82, 2.24) is 15.1 Å². The van der Waals surface area contributed by atoms with Crippen LogP contribution in [0.25, 0.3) is 0 Å². The van der Waals surface area contributed by atoms with Gasteiger partial charge in [-0.2, -0.15) is 0 Å². The lowest BCUT2D eigenvalue weighted by molar-refractivity contribution is -0.132. The second-order valence-electron chi connectivity index (χ2n) is 6.16. The van der Waals surface area contributed by atoms with Crippen LogP contribution in [0.1, 0.15) is 30.3 Å². The van der Waals surface area contributed by atoms with E-state index in [9.17, 15) is 9.59 Å². The zero-order chi connectivity index (χ0) is 18.9. The number of carbonyl (C=O) groups excluding carboxylic acids is 2. The van der Waals surface area contributed by atoms with Gasteiger partial charge in [0.25, 0.3) is 0 Å². The number of amides is 2. The number of rotatable bonds is 9. The molecule has 0 saturated heterocycles. The molecule has 0 radical (unpaired) electrons. The van der Waals surface area contributed by atoms with E-state index in [1.807, 2.05) is 61.7 Å². The Balaban J connectivity index is 1.98. The molecule has 5 nitrogen and oxygen atoms in total. The van der Waals surface area contributed by atoms with Crippen LogP contribution in [0.3, 0.4) is 0 Å². The number of carbonyl (C=O) groups is 2. The third-order valence-corrected chi connectivity index (χ3v) is 5.14. The number of hydrogen-bond acceptors (Lipinski definition) is 4. The minimum atomic E-state index is -0.171. The Bertz CT molecular complexity index is 684. The van der Waals surface area contributed by atoms with Gasteiger partial charge in [0, 0.05) is 18.0 Å². The van der Waals surface area contributed by atoms with Gasteiger partial charge in [0.1, 0.15) is 0 Å². The second-order valence-corrected chi connectivity index (χ2v) is 7.14. The monoisotopic (exact) mass is 373 g/mol. The van der Waals surface area contributed by atoms with E-state index in [0.717, 1.165) is 10.4 Å². The normalized spacial score (nSPS) is 12.0. The van der Waals surface area contributed by atoms with Crippen molar-refractivity contribution in [2.45, 2.75) is 19.9 Å². The molecule has 1 heterocycles. The fourth-order valence-electron chi connectivity index (χ4n) is 2.83. The fourth-order valence-corrected chi connectivity index (χ4v) is 3.64. The molecule has 2 rings (SSSR count). The summed E-state index contributed by atoms with van der Waals surface area (Å²) in [5.74, 6) is -0.0507. The maximum Gasteiger partial charge on any atom is 0.236 e. The quantitative estimate of drug-likeness (QED) is 0.735. The molecule has 2 aromatic rings. The van der Waals surface area contributed by atoms with E-state index >= 15 is 0 Å². The molecule has 2 amide bonds. The lowest BCUT2D eigenvalue weighted by Gasteiger charge is -2.24. The molecule has 1 aromatic carbocycles. The highest BCUT2D eigenvalue weighted by Gasteiger charge is 2.20. The first kappa shape index (κ1) is 20.1. The first-order valence-electron chi connectivity index (χ1n) is 8.89. The number of likely N-dealkylation sites (N-methyl/N-ethyl adjacent to an activating group) is 2. The van der Waals surface area contributed by atoms with Gasteiger partial charge >= 0.3 is 0 Å². The van der Waals surface area contributed by atoms with Crippen LogP contribution < -0.4 is 5.32 Å². The van der Waals surface area contributed by atoms with Crippen LogP contribution >= 0.6 is 11.3 Å². The van der Waals surface area contributed by atoms with Crippen LogP contribution in [0, 0.1) is 0 Å². The topological polar surface area (TPSA) is 52.7 Å². The maximum absolute atomic E-state index is 12.5. The van der Waals surface area contributed by atoms with Gasteiger partial charge in [-0.1, -0.05) is 36.4 Å². The van der Waals surface area contributed by atoms with E-state index < -0.39 is 0 Å². The summed E-state index contributed by atoms with van der Waals surface area (Å²) >= 11 is 1.62. The summed E-state index contributed by atoms with van der Waals surface area (Å²) in [4.78, 5) is 29.3. The average Bonchev–Trinajstić information content (AvgIpc) is 3.15. The van der Waals surface area contributed by atoms with Crippen molar-refractivity contribution in [2.24, 2.45) is 0 Å². The van der Waals surface area contributed by atoms with Gasteiger partial charge < -0.3 is 10.2 Å². The standard InChI is InChI=1S/C20H27N3O2S/c1-4-23(5-2)19(25)15-22(3)14-18(24)21-20(17-12-9-13-26-17)16-10-7-6-8-11-16/h6-13,20H,4-5,14-15H2,1-3H3,(H,21,24). The van der Waals surface area contributed by atoms with E-state index in [-0.39, 0.29) is 30.9 Å². The van der Waals surface area contributed by atoms with Crippen LogP contribution in [0.15, 0.2) is 47.8 Å². The second kappa shape index (κ2) is 10.1. The van der Waals surface area contributed by atoms with Gasteiger partial charge in [0.2, 0.25) is 11.8 Å². The largest absolute Gasteiger partial charge is 0.343 e. The van der Waals surface area contributed by atoms with Gasteiger partial charge in [0.05, 0.1) is 19.1 Å². The molecular formula is C20H27N3O2S. The van der Waals surface area contributed by atoms with Crippen molar-refractivity contribution in [2.75, 3.05) is 33.2 Å². The summed E-state index contributed by atoms with van der Waals surface area (Å²) in [6, 6.07) is 13.8. The van der Waals surface area contributed by atoms with Crippen LogP contribution in [0.4, 0.5) is 0 Å². The van der Waals surface area contributed by atoms with Gasteiger partial charge in [0.15, 0.2) is 0 Å². The van der Waals surface area contributed by atoms with E-state index in [0.29, 0.717) is 13.1 Å². The molecule has 1 unspecified atom stereocenters. The van der Waals surface area contributed by atoms with Crippen molar-refractivity contribution in [3.05, 3.63) is 58.3 Å². The smallest absolute Gasteiger partial charge is 0.236 e. The van der Waals surface area contributed by atoms with E-state index in [1.165, 1.54) is 0 Å². The Morgan fingerprint density at radius 1 is 1.04 bits per heavy atom. The lowest BCUT2D eigenvalue weighted by Crippen LogP contribution is -2.43. The van der Waals surface area contributed by atoms with Crippen molar-refractivity contribution in [3.63, 3.8) is 0 Å². The molecule has 1 N–H and O–H groups in total. The van der Waals surface area contributed by atoms with E-state index in [4.69, 9.17) is 0 Å². The molecule has 6 heteroatoms. The van der Waals surface area contributed by atoms with Crippen molar-refractivity contribution < 1.29 is 9.59 Å². The minimum absolute atomic E-state index is 0.0446. The summed E-state index contributed by atoms with van der Waals surface area (Å²) in [6.07, 6.45) is 0. The highest BCUT2D eigenvalue weighted by atomic mass is 32.1. The van der Waals surface area contributed by atoms with E-state index in [2.05, 4.69) is 5.32 Å². The van der Waals surface area contributed by atoms with Gasteiger partial charge in [-0.25, -0.2) is 0 Å². The van der Waals surface area contributed by atoms with Gasteiger partial charge in [-0.3, -0.25) is 14.5 Å². The molecule has 140 valence electrons. The minimum Gasteiger partial charge on any atom is -0.343 e. The summed E-state index contributed by atoms with van der Waals surface area (Å²) < 4.78 is 0. The first-order chi connectivity index (χ1) is 12.5. The summed E-state index contributed by atoms with van der Waals surface area (Å²) in [5.41, 5.74) is 1.05. The lowest BCUT2D eigenvalue weighted by atomic mass is 10.1. The average molecular weight is 374 g/mol. The molecule has 0 spiro atoms. The molecule has 0 aliphatic heterocycles. The number of nitrogens with one attached hydrogen (secondary N) is 1. The molecule has 26 heavy (non-hydrogen) atoms. The Kier molecular flexibility index (Phi) is 7.81. The highest BCUT2D eigenvalue weighted by molar-refractivity contribution is 7.10. The van der Waals surface area contributed by atoms with Crippen LogP contribution in [-0.4, -0.2) is 54.8 Å². The van der Waals surface area contributed by atoms with Crippen molar-refractivity contribution >= 4 is 23.2 Å². The summed E-state index contributed by atoms with van der Waals surface area (Å²) in [7, 11) is 1.80. The number of nitrogens with zero attached hydrogens (tertiary/aromatic N) is 2. The zero-order valence-electron chi connectivity index (χ0n) is 15.6. The summed E-state index contributed by atoms with van der Waals surface area (Å²) in [5, 5.41) is 5.11. The Hall–Kier alpha value is -2.18. The molecular weight excluding hydrogens is 346 g/mol. The SMILES string of the molecule is CCN(CC)C(=O)CN(C)CC(=O)NC(c1ccccc1)c1cccs1. The van der Waals surface area contributed by atoms with Crippen LogP contribution in [0.2, 0.25) is 0 Å². The molecule has 1 aromatic heterocycles. The summed E-state index contributed by atoms with van der Waals surface area (Å²) in [6.45, 7) is 5.71. The number of thiophene rings is 1. The fraction of sp³-hybridized carbons (Fsp3) is 0.400. The molecule has 0 aliphatic carbocycles. The molecule has 0 saturated carbocycles. The van der Waals surface area contributed by atoms with Crippen molar-refractivity contribution in [3.8, 4) is 0 Å². The Morgan fingerprint density at radius 2 is 1.73 bits per heavy atom. The van der Waals surface area contributed by atoms with E-state index in [1.54, 1.807) is 28.2 Å². The van der Waals surface area contributed by atoms with Crippen LogP contribution in [-0.2, 0) is 9.59 Å². The highest BCUT2D eigenvalue weighted by Crippen LogP contribution is 2.25. The van der Waals surface area contributed by atoms with Crippen molar-refractivity contribution in [1.29, 1.82) is 0 Å². The molecule has 0 aliphatic rings. The Morgan fingerprint density at radius 3 is 2.31 bits per heavy atom. The predicted molar refractivity (Wildman–Crippen MR) is 106 cm³/mol.